The molecule has 0 unspecified atom stereocenters. The number of nitrogens with zero attached hydrogens (tertiary/aromatic N) is 1. The van der Waals surface area contributed by atoms with E-state index in [0.29, 0.717) is 19.0 Å². The zero-order valence-electron chi connectivity index (χ0n) is 12.8. The summed E-state index contributed by atoms with van der Waals surface area (Å²) in [4.78, 5) is 25.3. The molecule has 0 heterocycles. The van der Waals surface area contributed by atoms with Gasteiger partial charge < -0.3 is 10.6 Å². The van der Waals surface area contributed by atoms with E-state index in [0.717, 1.165) is 19.4 Å². The Morgan fingerprint density at radius 1 is 0.947 bits per heavy atom. The van der Waals surface area contributed by atoms with Gasteiger partial charge in [-0.25, -0.2) is 0 Å². The van der Waals surface area contributed by atoms with Crippen molar-refractivity contribution >= 4 is 11.8 Å². The summed E-state index contributed by atoms with van der Waals surface area (Å²) in [5.41, 5.74) is 0. The first kappa shape index (κ1) is 17.9. The minimum absolute atomic E-state index is 0.00853. The van der Waals surface area contributed by atoms with E-state index in [4.69, 9.17) is 0 Å². The monoisotopic (exact) mass is 271 g/mol. The van der Waals surface area contributed by atoms with E-state index < -0.39 is 0 Å². The Hall–Kier alpha value is -1.10. The first-order valence-electron chi connectivity index (χ1n) is 7.25. The lowest BCUT2D eigenvalue weighted by molar-refractivity contribution is -0.125. The Bertz CT molecular complexity index is 245. The molecular formula is C14H29N3O2. The molecule has 0 aromatic heterocycles. The molecule has 19 heavy (non-hydrogen) atoms. The van der Waals surface area contributed by atoms with Gasteiger partial charge in [0.05, 0.1) is 13.1 Å². The second-order valence-corrected chi connectivity index (χ2v) is 5.26. The molecule has 2 amide bonds. The average Bonchev–Trinajstić information content (AvgIpc) is 2.32. The third-order valence-corrected chi connectivity index (χ3v) is 2.50. The fourth-order valence-electron chi connectivity index (χ4n) is 1.75. The van der Waals surface area contributed by atoms with E-state index >= 15 is 0 Å². The summed E-state index contributed by atoms with van der Waals surface area (Å²) in [6.45, 7) is 10.9. The van der Waals surface area contributed by atoms with Crippen molar-refractivity contribution in [3.8, 4) is 0 Å². The Kier molecular flexibility index (Phi) is 10.2. The van der Waals surface area contributed by atoms with Crippen LogP contribution in [0.4, 0.5) is 0 Å². The van der Waals surface area contributed by atoms with Crippen molar-refractivity contribution in [1.82, 2.24) is 15.5 Å². The minimum atomic E-state index is -0.00853. The number of hydrogen-bond acceptors (Lipinski definition) is 3. The summed E-state index contributed by atoms with van der Waals surface area (Å²) in [6.07, 6.45) is 1.85. The van der Waals surface area contributed by atoms with Crippen LogP contribution in [0.1, 0.15) is 40.5 Å². The first-order valence-corrected chi connectivity index (χ1v) is 7.25. The fraction of sp³-hybridized carbons (Fsp3) is 0.857. The summed E-state index contributed by atoms with van der Waals surface area (Å²) >= 11 is 0. The molecule has 2 N–H and O–H groups in total. The second-order valence-electron chi connectivity index (χ2n) is 5.26. The predicted octanol–water partition coefficient (Wildman–Crippen LogP) is 0.997. The highest BCUT2D eigenvalue weighted by atomic mass is 16.2. The molecule has 5 heteroatoms. The minimum Gasteiger partial charge on any atom is -0.355 e. The van der Waals surface area contributed by atoms with Gasteiger partial charge in [0.15, 0.2) is 0 Å². The van der Waals surface area contributed by atoms with Crippen molar-refractivity contribution in [3.05, 3.63) is 0 Å². The van der Waals surface area contributed by atoms with E-state index in [9.17, 15) is 9.59 Å². The van der Waals surface area contributed by atoms with Crippen LogP contribution in [-0.2, 0) is 9.59 Å². The van der Waals surface area contributed by atoms with Crippen LogP contribution in [0.15, 0.2) is 0 Å². The highest BCUT2D eigenvalue weighted by Crippen LogP contribution is 1.98. The lowest BCUT2D eigenvalue weighted by Crippen LogP contribution is -2.44. The molecule has 0 spiro atoms. The van der Waals surface area contributed by atoms with Gasteiger partial charge in [0.1, 0.15) is 0 Å². The highest BCUT2D eigenvalue weighted by Gasteiger charge is 2.15. The third kappa shape index (κ3) is 10.5. The van der Waals surface area contributed by atoms with Crippen LogP contribution in [0.2, 0.25) is 0 Å². The Balaban J connectivity index is 4.21. The smallest absolute Gasteiger partial charge is 0.234 e. The molecule has 0 bridgehead atoms. The molecule has 0 rings (SSSR count). The predicted molar refractivity (Wildman–Crippen MR) is 77.9 cm³/mol. The van der Waals surface area contributed by atoms with Gasteiger partial charge in [0.2, 0.25) is 11.8 Å². The molecule has 0 fully saturated rings. The van der Waals surface area contributed by atoms with Gasteiger partial charge in [-0.3, -0.25) is 14.5 Å². The quantitative estimate of drug-likeness (QED) is 0.623. The summed E-state index contributed by atoms with van der Waals surface area (Å²) in [5.74, 6) is 0.412. The number of amides is 2. The Labute approximate surface area is 117 Å². The zero-order chi connectivity index (χ0) is 14.7. The van der Waals surface area contributed by atoms with Gasteiger partial charge in [-0.05, 0) is 18.8 Å². The fourth-order valence-corrected chi connectivity index (χ4v) is 1.75. The molecule has 0 radical (unpaired) electrons. The average molecular weight is 271 g/mol. The molecule has 0 atom stereocenters. The normalized spacial score (nSPS) is 10.8. The third-order valence-electron chi connectivity index (χ3n) is 2.50. The lowest BCUT2D eigenvalue weighted by atomic mass is 10.2. The van der Waals surface area contributed by atoms with E-state index in [2.05, 4.69) is 24.5 Å². The standard InChI is InChI=1S/C14H29N3O2/c1-5-7-15-13(18)10-17(9-12(3)4)11-14(19)16-8-6-2/h12H,5-11H2,1-4H3,(H,15,18)(H,16,19). The van der Waals surface area contributed by atoms with Crippen LogP contribution in [0.3, 0.4) is 0 Å². The Morgan fingerprint density at radius 3 is 1.68 bits per heavy atom. The molecule has 0 aromatic carbocycles. The van der Waals surface area contributed by atoms with Crippen molar-refractivity contribution in [1.29, 1.82) is 0 Å². The maximum Gasteiger partial charge on any atom is 0.234 e. The number of nitrogens with one attached hydrogen (secondary N) is 2. The van der Waals surface area contributed by atoms with Gasteiger partial charge in [0.25, 0.3) is 0 Å². The molecule has 0 saturated heterocycles. The van der Waals surface area contributed by atoms with Crippen LogP contribution < -0.4 is 10.6 Å². The lowest BCUT2D eigenvalue weighted by Gasteiger charge is -2.23. The number of carbonyl (C=O) groups is 2. The molecule has 0 aliphatic heterocycles. The number of hydrogen-bond donors (Lipinski definition) is 2. The van der Waals surface area contributed by atoms with Gasteiger partial charge in [0, 0.05) is 19.6 Å². The van der Waals surface area contributed by atoms with Crippen LogP contribution in [0.25, 0.3) is 0 Å². The highest BCUT2D eigenvalue weighted by molar-refractivity contribution is 5.81. The molecule has 5 nitrogen and oxygen atoms in total. The van der Waals surface area contributed by atoms with Crippen LogP contribution in [0, 0.1) is 5.92 Å². The van der Waals surface area contributed by atoms with Crippen molar-refractivity contribution in [2.24, 2.45) is 5.92 Å². The maximum atomic E-state index is 11.7. The van der Waals surface area contributed by atoms with E-state index in [1.165, 1.54) is 0 Å². The van der Waals surface area contributed by atoms with Crippen molar-refractivity contribution in [3.63, 3.8) is 0 Å². The van der Waals surface area contributed by atoms with Gasteiger partial charge in [-0.15, -0.1) is 0 Å². The van der Waals surface area contributed by atoms with Crippen molar-refractivity contribution in [2.45, 2.75) is 40.5 Å². The van der Waals surface area contributed by atoms with Crippen LogP contribution >= 0.6 is 0 Å². The molecule has 112 valence electrons. The van der Waals surface area contributed by atoms with Crippen molar-refractivity contribution < 1.29 is 9.59 Å². The number of rotatable bonds is 10. The molecule has 0 aromatic rings. The SMILES string of the molecule is CCCNC(=O)CN(CC(=O)NCCC)CC(C)C. The summed E-state index contributed by atoms with van der Waals surface area (Å²) in [5, 5.41) is 5.68. The second kappa shape index (κ2) is 10.8. The summed E-state index contributed by atoms with van der Waals surface area (Å²) < 4.78 is 0. The maximum absolute atomic E-state index is 11.7. The summed E-state index contributed by atoms with van der Waals surface area (Å²) in [6, 6.07) is 0. The van der Waals surface area contributed by atoms with Gasteiger partial charge in [-0.2, -0.15) is 0 Å². The van der Waals surface area contributed by atoms with E-state index in [-0.39, 0.29) is 24.9 Å². The molecular weight excluding hydrogens is 242 g/mol. The molecule has 0 aliphatic rings. The van der Waals surface area contributed by atoms with E-state index in [1.807, 2.05) is 18.7 Å². The van der Waals surface area contributed by atoms with E-state index in [1.54, 1.807) is 0 Å². The zero-order valence-corrected chi connectivity index (χ0v) is 12.8. The van der Waals surface area contributed by atoms with Gasteiger partial charge >= 0.3 is 0 Å². The Morgan fingerprint density at radius 2 is 1.37 bits per heavy atom. The van der Waals surface area contributed by atoms with Crippen molar-refractivity contribution in [2.75, 3.05) is 32.7 Å². The molecule has 0 saturated carbocycles. The first-order chi connectivity index (χ1) is 8.99. The number of carbonyl (C=O) groups excluding carboxylic acids is 2. The van der Waals surface area contributed by atoms with Crippen LogP contribution in [-0.4, -0.2) is 49.4 Å². The summed E-state index contributed by atoms with van der Waals surface area (Å²) in [7, 11) is 0. The largest absolute Gasteiger partial charge is 0.355 e. The van der Waals surface area contributed by atoms with Gasteiger partial charge in [-0.1, -0.05) is 27.7 Å². The topological polar surface area (TPSA) is 61.4 Å². The van der Waals surface area contributed by atoms with Crippen LogP contribution in [0.5, 0.6) is 0 Å². The molecule has 0 aliphatic carbocycles.